The van der Waals surface area contributed by atoms with Gasteiger partial charge in [0.15, 0.2) is 0 Å². The molecule has 2 aromatic heterocycles. The molecule has 0 aliphatic heterocycles. The minimum Gasteiger partial charge on any atom is -0.392 e. The van der Waals surface area contributed by atoms with Crippen molar-refractivity contribution in [2.75, 3.05) is 24.2 Å². The Morgan fingerprint density at radius 1 is 1.56 bits per heavy atom. The maximum absolute atomic E-state index is 9.45. The Morgan fingerprint density at radius 2 is 2.28 bits per heavy atom. The van der Waals surface area contributed by atoms with Gasteiger partial charge in [0.1, 0.15) is 10.8 Å². The number of aliphatic hydroxyl groups is 1. The van der Waals surface area contributed by atoms with Crippen molar-refractivity contribution < 1.29 is 5.11 Å². The quantitative estimate of drug-likeness (QED) is 0.898. The molecule has 1 unspecified atom stereocenters. The van der Waals surface area contributed by atoms with Gasteiger partial charge in [-0.1, -0.05) is 0 Å². The predicted molar refractivity (Wildman–Crippen MR) is 77.3 cm³/mol. The minimum absolute atomic E-state index is 0.400. The largest absolute Gasteiger partial charge is 0.392 e. The highest BCUT2D eigenvalue weighted by Gasteiger charge is 2.19. The van der Waals surface area contributed by atoms with Gasteiger partial charge in [0, 0.05) is 19.0 Å². The van der Waals surface area contributed by atoms with E-state index in [2.05, 4.69) is 9.36 Å². The standard InChI is InChI=1S/C11H16N4OS2/c1-6(16)4-15(3)11-9(10(12)14-18-11)8-5-17-7(2)13-8/h5-6,16H,4H2,1-3H3,(H2,12,14). The molecule has 0 radical (unpaired) electrons. The van der Waals surface area contributed by atoms with Gasteiger partial charge in [0.2, 0.25) is 0 Å². The predicted octanol–water partition coefficient (Wildman–Crippen LogP) is 1.97. The van der Waals surface area contributed by atoms with E-state index in [-0.39, 0.29) is 0 Å². The molecule has 0 aliphatic rings. The molecule has 0 aliphatic carbocycles. The van der Waals surface area contributed by atoms with Crippen LogP contribution in [0.25, 0.3) is 11.3 Å². The number of aliphatic hydroxyl groups excluding tert-OH is 1. The molecule has 2 rings (SSSR count). The van der Waals surface area contributed by atoms with E-state index in [1.165, 1.54) is 11.5 Å². The third kappa shape index (κ3) is 2.63. The third-order valence-electron chi connectivity index (χ3n) is 2.46. The van der Waals surface area contributed by atoms with Gasteiger partial charge in [-0.05, 0) is 25.4 Å². The summed E-state index contributed by atoms with van der Waals surface area (Å²) in [6.45, 7) is 4.26. The van der Waals surface area contributed by atoms with Crippen molar-refractivity contribution >= 4 is 33.7 Å². The molecular formula is C11H16N4OS2. The first-order valence-corrected chi connectivity index (χ1v) is 7.21. The molecule has 0 bridgehead atoms. The van der Waals surface area contributed by atoms with E-state index < -0.39 is 6.10 Å². The minimum atomic E-state index is -0.400. The van der Waals surface area contributed by atoms with Crippen LogP contribution in [0.1, 0.15) is 11.9 Å². The van der Waals surface area contributed by atoms with Crippen LogP contribution in [-0.2, 0) is 0 Å². The number of hydrogen-bond acceptors (Lipinski definition) is 7. The van der Waals surface area contributed by atoms with Gasteiger partial charge in [-0.2, -0.15) is 4.37 Å². The van der Waals surface area contributed by atoms with Gasteiger partial charge in [0.25, 0.3) is 0 Å². The van der Waals surface area contributed by atoms with Crippen molar-refractivity contribution in [3.05, 3.63) is 10.4 Å². The second kappa shape index (κ2) is 5.21. The van der Waals surface area contributed by atoms with Crippen LogP contribution >= 0.6 is 22.9 Å². The Morgan fingerprint density at radius 3 is 2.83 bits per heavy atom. The summed E-state index contributed by atoms with van der Waals surface area (Å²) in [5, 5.41) is 13.4. The zero-order valence-corrected chi connectivity index (χ0v) is 12.2. The van der Waals surface area contributed by atoms with Crippen LogP contribution < -0.4 is 10.6 Å². The monoisotopic (exact) mass is 284 g/mol. The zero-order chi connectivity index (χ0) is 13.3. The van der Waals surface area contributed by atoms with Gasteiger partial charge in [-0.25, -0.2) is 4.98 Å². The summed E-state index contributed by atoms with van der Waals surface area (Å²) in [4.78, 5) is 6.41. The van der Waals surface area contributed by atoms with Crippen molar-refractivity contribution in [3.8, 4) is 11.3 Å². The van der Waals surface area contributed by atoms with E-state index in [1.807, 2.05) is 24.3 Å². The summed E-state index contributed by atoms with van der Waals surface area (Å²) < 4.78 is 4.19. The lowest BCUT2D eigenvalue weighted by atomic mass is 10.2. The lowest BCUT2D eigenvalue weighted by molar-refractivity contribution is 0.202. The summed E-state index contributed by atoms with van der Waals surface area (Å²) >= 11 is 2.92. The SMILES string of the molecule is Cc1nc(-c2c(N)nsc2N(C)CC(C)O)cs1. The second-order valence-electron chi connectivity index (χ2n) is 4.23. The molecular weight excluding hydrogens is 268 g/mol. The number of thiazole rings is 1. The number of likely N-dealkylation sites (N-methyl/N-ethyl adjacent to an activating group) is 1. The number of rotatable bonds is 4. The summed E-state index contributed by atoms with van der Waals surface area (Å²) in [6, 6.07) is 0. The number of nitrogen functional groups attached to an aromatic ring is 1. The molecule has 0 aromatic carbocycles. The molecule has 0 fully saturated rings. The van der Waals surface area contributed by atoms with Crippen LogP contribution in [0.3, 0.4) is 0 Å². The number of nitrogens with zero attached hydrogens (tertiary/aromatic N) is 3. The maximum Gasteiger partial charge on any atom is 0.148 e. The van der Waals surface area contributed by atoms with Crippen LogP contribution in [0.4, 0.5) is 10.8 Å². The first-order valence-electron chi connectivity index (χ1n) is 5.56. The average molecular weight is 284 g/mol. The highest BCUT2D eigenvalue weighted by molar-refractivity contribution is 7.11. The molecule has 2 aromatic rings. The van der Waals surface area contributed by atoms with Crippen molar-refractivity contribution in [3.63, 3.8) is 0 Å². The Bertz CT molecular complexity index is 535. The number of hydrogen-bond donors (Lipinski definition) is 2. The van der Waals surface area contributed by atoms with Crippen LogP contribution in [-0.4, -0.2) is 34.2 Å². The van der Waals surface area contributed by atoms with E-state index in [9.17, 15) is 5.11 Å². The van der Waals surface area contributed by atoms with Crippen LogP contribution in [0.5, 0.6) is 0 Å². The highest BCUT2D eigenvalue weighted by atomic mass is 32.1. The van der Waals surface area contributed by atoms with E-state index in [4.69, 9.17) is 5.73 Å². The third-order valence-corrected chi connectivity index (χ3v) is 4.21. The topological polar surface area (TPSA) is 75.3 Å². The molecule has 0 amide bonds. The van der Waals surface area contributed by atoms with E-state index in [1.54, 1.807) is 18.3 Å². The molecule has 0 saturated carbocycles. The lowest BCUT2D eigenvalue weighted by Crippen LogP contribution is -2.26. The van der Waals surface area contributed by atoms with Crippen LogP contribution in [0.15, 0.2) is 5.38 Å². The van der Waals surface area contributed by atoms with Crippen LogP contribution in [0, 0.1) is 6.92 Å². The maximum atomic E-state index is 9.45. The van der Waals surface area contributed by atoms with E-state index in [0.29, 0.717) is 12.4 Å². The van der Waals surface area contributed by atoms with Crippen molar-refractivity contribution in [1.29, 1.82) is 0 Å². The van der Waals surface area contributed by atoms with Crippen molar-refractivity contribution in [2.45, 2.75) is 20.0 Å². The molecule has 98 valence electrons. The zero-order valence-electron chi connectivity index (χ0n) is 10.5. The average Bonchev–Trinajstić information content (AvgIpc) is 2.83. The van der Waals surface area contributed by atoms with E-state index in [0.717, 1.165) is 21.3 Å². The van der Waals surface area contributed by atoms with Gasteiger partial charge < -0.3 is 15.7 Å². The smallest absolute Gasteiger partial charge is 0.148 e. The Kier molecular flexibility index (Phi) is 3.84. The molecule has 5 nitrogen and oxygen atoms in total. The fourth-order valence-corrected chi connectivity index (χ4v) is 3.15. The van der Waals surface area contributed by atoms with E-state index >= 15 is 0 Å². The van der Waals surface area contributed by atoms with Gasteiger partial charge in [0.05, 0.1) is 22.4 Å². The fourth-order valence-electron chi connectivity index (χ4n) is 1.75. The van der Waals surface area contributed by atoms with Gasteiger partial charge >= 0.3 is 0 Å². The Hall–Kier alpha value is -1.18. The molecule has 2 heterocycles. The fraction of sp³-hybridized carbons (Fsp3) is 0.455. The highest BCUT2D eigenvalue weighted by Crippen LogP contribution is 2.38. The van der Waals surface area contributed by atoms with Gasteiger partial charge in [-0.15, -0.1) is 11.3 Å². The number of anilines is 2. The number of nitrogens with two attached hydrogens (primary N) is 1. The Labute approximate surface area is 114 Å². The molecule has 18 heavy (non-hydrogen) atoms. The molecule has 0 saturated heterocycles. The number of aromatic nitrogens is 2. The summed E-state index contributed by atoms with van der Waals surface area (Å²) in [6.07, 6.45) is -0.400. The van der Waals surface area contributed by atoms with Crippen molar-refractivity contribution in [2.24, 2.45) is 0 Å². The Balaban J connectivity index is 2.38. The molecule has 3 N–H and O–H groups in total. The second-order valence-corrected chi connectivity index (χ2v) is 6.04. The first kappa shape index (κ1) is 13.3. The summed E-state index contributed by atoms with van der Waals surface area (Å²) in [5.74, 6) is 0.498. The molecule has 0 spiro atoms. The van der Waals surface area contributed by atoms with Gasteiger partial charge in [-0.3, -0.25) is 0 Å². The number of aryl methyl sites for hydroxylation is 1. The summed E-state index contributed by atoms with van der Waals surface area (Å²) in [7, 11) is 1.92. The molecule has 7 heteroatoms. The lowest BCUT2D eigenvalue weighted by Gasteiger charge is -2.19. The molecule has 1 atom stereocenters. The van der Waals surface area contributed by atoms with Crippen LogP contribution in [0.2, 0.25) is 0 Å². The normalized spacial score (nSPS) is 12.7. The summed E-state index contributed by atoms with van der Waals surface area (Å²) in [5.41, 5.74) is 7.65. The first-order chi connectivity index (χ1) is 8.49. The van der Waals surface area contributed by atoms with Crippen molar-refractivity contribution in [1.82, 2.24) is 9.36 Å².